The van der Waals surface area contributed by atoms with Crippen molar-refractivity contribution in [3.05, 3.63) is 59.3 Å². The summed E-state index contributed by atoms with van der Waals surface area (Å²) < 4.78 is 20.7. The number of benzene rings is 2. The molecule has 4 rings (SSSR count). The van der Waals surface area contributed by atoms with Crippen molar-refractivity contribution >= 4 is 10.8 Å². The number of rotatable bonds is 5. The van der Waals surface area contributed by atoms with E-state index in [9.17, 15) is 9.50 Å². The fourth-order valence-corrected chi connectivity index (χ4v) is 4.27. The van der Waals surface area contributed by atoms with Crippen LogP contribution in [0.3, 0.4) is 0 Å². The summed E-state index contributed by atoms with van der Waals surface area (Å²) in [6.45, 7) is 7.50. The molecule has 0 amide bonds. The van der Waals surface area contributed by atoms with Crippen molar-refractivity contribution in [2.24, 2.45) is 0 Å². The summed E-state index contributed by atoms with van der Waals surface area (Å²) in [4.78, 5) is 0. The third-order valence-electron chi connectivity index (χ3n) is 5.63. The second kappa shape index (κ2) is 7.71. The average molecular weight is 397 g/mol. The molecular weight excluding hydrogens is 367 g/mol. The predicted molar refractivity (Wildman–Crippen MR) is 115 cm³/mol. The fraction of sp³-hybridized carbons (Fsp3) is 0.417. The van der Waals surface area contributed by atoms with Crippen molar-refractivity contribution in [3.63, 3.8) is 0 Å². The van der Waals surface area contributed by atoms with E-state index in [1.165, 1.54) is 19.4 Å². The number of nitrogens with one attached hydrogen (secondary N) is 1. The van der Waals surface area contributed by atoms with Gasteiger partial charge in [-0.05, 0) is 73.7 Å². The Hall–Kier alpha value is -2.53. The number of aromatic hydroxyl groups is 1. The summed E-state index contributed by atoms with van der Waals surface area (Å²) in [5, 5.41) is 16.2. The Morgan fingerprint density at radius 3 is 2.52 bits per heavy atom. The fourth-order valence-electron chi connectivity index (χ4n) is 4.27. The van der Waals surface area contributed by atoms with Gasteiger partial charge in [0.25, 0.3) is 0 Å². The predicted octanol–water partition coefficient (Wildman–Crippen LogP) is 5.26. The normalized spacial score (nSPS) is 15.7. The minimum Gasteiger partial charge on any atom is -0.494 e. The van der Waals surface area contributed by atoms with Crippen molar-refractivity contribution in [1.82, 2.24) is 9.88 Å². The van der Waals surface area contributed by atoms with E-state index < -0.39 is 5.85 Å². The lowest BCUT2D eigenvalue weighted by atomic mass is 9.88. The number of hydrogen-bond acceptors (Lipinski definition) is 3. The van der Waals surface area contributed by atoms with Crippen molar-refractivity contribution in [2.45, 2.75) is 51.9 Å². The summed E-state index contributed by atoms with van der Waals surface area (Å²) in [6.07, 6.45) is 4.33. The van der Waals surface area contributed by atoms with Crippen LogP contribution < -0.4 is 10.1 Å². The highest BCUT2D eigenvalue weighted by Gasteiger charge is 2.19. The number of aromatic nitrogens is 1. The maximum absolute atomic E-state index is 13.6. The van der Waals surface area contributed by atoms with E-state index in [1.54, 1.807) is 12.1 Å². The van der Waals surface area contributed by atoms with Gasteiger partial charge in [-0.2, -0.15) is 4.39 Å². The molecule has 0 bridgehead atoms. The molecule has 0 unspecified atom stereocenters. The smallest absolute Gasteiger partial charge is 0.242 e. The number of piperidine rings is 1. The van der Waals surface area contributed by atoms with Crippen LogP contribution in [0.25, 0.3) is 10.8 Å². The van der Waals surface area contributed by atoms with E-state index in [2.05, 4.69) is 24.4 Å². The van der Waals surface area contributed by atoms with Crippen LogP contribution in [0.4, 0.5) is 4.39 Å². The van der Waals surface area contributed by atoms with Crippen LogP contribution in [0.5, 0.6) is 11.6 Å². The highest BCUT2D eigenvalue weighted by molar-refractivity contribution is 5.91. The van der Waals surface area contributed by atoms with Gasteiger partial charge in [0.2, 0.25) is 5.85 Å². The van der Waals surface area contributed by atoms with Gasteiger partial charge in [-0.3, -0.25) is 0 Å². The number of nitrogens with zero attached hydrogens (tertiary/aromatic N) is 1. The number of halogens is 1. The number of fused-ring (bicyclic) bond motifs is 1. The first-order valence-electron chi connectivity index (χ1n) is 10.3. The Balaban J connectivity index is 1.59. The van der Waals surface area contributed by atoms with Crippen molar-refractivity contribution in [2.75, 3.05) is 13.1 Å². The molecule has 3 aromatic rings. The van der Waals surface area contributed by atoms with Gasteiger partial charge in [-0.25, -0.2) is 0 Å². The first-order chi connectivity index (χ1) is 13.8. The lowest BCUT2D eigenvalue weighted by Gasteiger charge is -2.23. The minimum absolute atomic E-state index is 0.291. The zero-order chi connectivity index (χ0) is 20.6. The maximum atomic E-state index is 13.6. The maximum Gasteiger partial charge on any atom is 0.242 e. The summed E-state index contributed by atoms with van der Waals surface area (Å²) in [6, 6.07) is 11.8. The van der Waals surface area contributed by atoms with Gasteiger partial charge >= 0.3 is 0 Å². The molecule has 1 aliphatic rings. The van der Waals surface area contributed by atoms with E-state index in [0.717, 1.165) is 47.8 Å². The molecule has 0 atom stereocenters. The van der Waals surface area contributed by atoms with Gasteiger partial charge < -0.3 is 19.7 Å². The van der Waals surface area contributed by atoms with E-state index in [0.29, 0.717) is 24.1 Å². The quantitative estimate of drug-likeness (QED) is 0.619. The number of aryl methyl sites for hydroxylation is 1. The van der Waals surface area contributed by atoms with Gasteiger partial charge in [-0.15, -0.1) is 0 Å². The second-order valence-corrected chi connectivity index (χ2v) is 8.52. The van der Waals surface area contributed by atoms with Gasteiger partial charge in [0.05, 0.1) is 6.54 Å². The SMILES string of the molecule is Cc1cc(C2CCNCC2)cc2cn(Cc3ccc(OC(C)(C)F)cc3)c(O)c12. The second-order valence-electron chi connectivity index (χ2n) is 8.52. The summed E-state index contributed by atoms with van der Waals surface area (Å²) in [5.41, 5.74) is 3.49. The van der Waals surface area contributed by atoms with Crippen molar-refractivity contribution in [3.8, 4) is 11.6 Å². The zero-order valence-electron chi connectivity index (χ0n) is 17.3. The summed E-state index contributed by atoms with van der Waals surface area (Å²) in [7, 11) is 0. The molecule has 1 fully saturated rings. The molecule has 1 aliphatic heterocycles. The van der Waals surface area contributed by atoms with Crippen molar-refractivity contribution < 1.29 is 14.2 Å². The number of ether oxygens (including phenoxy) is 1. The van der Waals surface area contributed by atoms with E-state index in [4.69, 9.17) is 4.74 Å². The Bertz CT molecular complexity index is 996. The number of hydrogen-bond donors (Lipinski definition) is 2. The minimum atomic E-state index is -1.71. The Labute approximate surface area is 171 Å². The first-order valence-corrected chi connectivity index (χ1v) is 10.3. The molecule has 1 aromatic heterocycles. The Kier molecular flexibility index (Phi) is 5.26. The van der Waals surface area contributed by atoms with Gasteiger partial charge in [-0.1, -0.05) is 18.2 Å². The molecule has 0 radical (unpaired) electrons. The molecule has 2 N–H and O–H groups in total. The molecule has 5 heteroatoms. The molecule has 29 heavy (non-hydrogen) atoms. The molecular formula is C24H29FN2O2. The summed E-state index contributed by atoms with van der Waals surface area (Å²) >= 11 is 0. The van der Waals surface area contributed by atoms with Gasteiger partial charge in [0, 0.05) is 30.8 Å². The van der Waals surface area contributed by atoms with Crippen LogP contribution >= 0.6 is 0 Å². The first kappa shape index (κ1) is 19.8. The zero-order valence-corrected chi connectivity index (χ0v) is 17.3. The number of alkyl halides is 1. The van der Waals surface area contributed by atoms with E-state index in [-0.39, 0.29) is 0 Å². The van der Waals surface area contributed by atoms with Crippen LogP contribution in [-0.4, -0.2) is 28.6 Å². The molecule has 2 heterocycles. The third kappa shape index (κ3) is 4.40. The Morgan fingerprint density at radius 2 is 1.86 bits per heavy atom. The van der Waals surface area contributed by atoms with Crippen LogP contribution in [0.2, 0.25) is 0 Å². The lowest BCUT2D eigenvalue weighted by Crippen LogP contribution is -2.26. The highest BCUT2D eigenvalue weighted by atomic mass is 19.2. The lowest BCUT2D eigenvalue weighted by molar-refractivity contribution is -0.0257. The standard InChI is InChI=1S/C24H29FN2O2/c1-16-12-19(18-8-10-26-11-9-18)13-20-15-27(23(28)22(16)20)14-17-4-6-21(7-5-17)29-24(2,3)25/h4-7,12-13,15,18,26,28H,8-11,14H2,1-3H3. The Morgan fingerprint density at radius 1 is 1.17 bits per heavy atom. The largest absolute Gasteiger partial charge is 0.494 e. The van der Waals surface area contributed by atoms with Crippen LogP contribution in [0.15, 0.2) is 42.6 Å². The molecule has 2 aromatic carbocycles. The van der Waals surface area contributed by atoms with Crippen LogP contribution in [-0.2, 0) is 6.54 Å². The topological polar surface area (TPSA) is 46.4 Å². The molecule has 0 spiro atoms. The van der Waals surface area contributed by atoms with Gasteiger partial charge in [0.15, 0.2) is 5.88 Å². The van der Waals surface area contributed by atoms with E-state index in [1.807, 2.05) is 22.9 Å². The highest BCUT2D eigenvalue weighted by Crippen LogP contribution is 2.35. The van der Waals surface area contributed by atoms with E-state index >= 15 is 0 Å². The summed E-state index contributed by atoms with van der Waals surface area (Å²) in [5.74, 6) is -0.344. The molecule has 0 aliphatic carbocycles. The molecule has 154 valence electrons. The molecule has 4 nitrogen and oxygen atoms in total. The average Bonchev–Trinajstić information content (AvgIpc) is 2.99. The van der Waals surface area contributed by atoms with Crippen molar-refractivity contribution in [1.29, 1.82) is 0 Å². The van der Waals surface area contributed by atoms with Crippen LogP contribution in [0, 0.1) is 6.92 Å². The molecule has 0 saturated carbocycles. The third-order valence-corrected chi connectivity index (χ3v) is 5.63. The molecule has 1 saturated heterocycles. The monoisotopic (exact) mass is 396 g/mol. The van der Waals surface area contributed by atoms with Crippen LogP contribution in [0.1, 0.15) is 49.3 Å². The van der Waals surface area contributed by atoms with Gasteiger partial charge in [0.1, 0.15) is 5.75 Å².